The Labute approximate surface area is 124 Å². The van der Waals surface area contributed by atoms with Crippen LogP contribution in [0, 0.1) is 0 Å². The van der Waals surface area contributed by atoms with Crippen molar-refractivity contribution in [1.82, 2.24) is 10.1 Å². The molecule has 7 heteroatoms. The Bertz CT molecular complexity index is 735. The third-order valence-electron chi connectivity index (χ3n) is 2.65. The Morgan fingerprint density at radius 1 is 1.24 bits per heavy atom. The van der Waals surface area contributed by atoms with Gasteiger partial charge in [-0.05, 0) is 30.3 Å². The number of carbonyl (C=O) groups excluding carboxylic acids is 1. The first-order chi connectivity index (χ1) is 10.2. The summed E-state index contributed by atoms with van der Waals surface area (Å²) in [5.41, 5.74) is 1.09. The summed E-state index contributed by atoms with van der Waals surface area (Å²) in [4.78, 5) is 15.7. The first kappa shape index (κ1) is 13.4. The van der Waals surface area contributed by atoms with Crippen molar-refractivity contribution in [3.63, 3.8) is 0 Å². The van der Waals surface area contributed by atoms with Crippen molar-refractivity contribution in [2.24, 2.45) is 0 Å². The Kier molecular flexibility index (Phi) is 3.70. The lowest BCUT2D eigenvalue weighted by Gasteiger charge is -1.97. The summed E-state index contributed by atoms with van der Waals surface area (Å²) in [5, 5.41) is 4.44. The van der Waals surface area contributed by atoms with Crippen LogP contribution in [-0.4, -0.2) is 16.1 Å². The molecule has 0 N–H and O–H groups in total. The fourth-order valence-electron chi connectivity index (χ4n) is 1.62. The van der Waals surface area contributed by atoms with Crippen molar-refractivity contribution in [2.45, 2.75) is 6.61 Å². The fourth-order valence-corrected chi connectivity index (χ4v) is 1.75. The van der Waals surface area contributed by atoms with E-state index in [9.17, 15) is 4.79 Å². The lowest BCUT2D eigenvalue weighted by Crippen LogP contribution is -2.04. The average molecular weight is 305 g/mol. The SMILES string of the molecule is O=C(OCc1nc(-c2ccc(Cl)cc2)no1)c1ccoc1. The number of hydrogen-bond acceptors (Lipinski definition) is 6. The van der Waals surface area contributed by atoms with Crippen LogP contribution in [0.1, 0.15) is 16.2 Å². The summed E-state index contributed by atoms with van der Waals surface area (Å²) in [6, 6.07) is 8.51. The highest BCUT2D eigenvalue weighted by atomic mass is 35.5. The largest absolute Gasteiger partial charge is 0.472 e. The lowest BCUT2D eigenvalue weighted by atomic mass is 10.2. The first-order valence-corrected chi connectivity index (χ1v) is 6.38. The van der Waals surface area contributed by atoms with Crippen LogP contribution in [0.4, 0.5) is 0 Å². The second-order valence-corrected chi connectivity index (χ2v) is 4.54. The van der Waals surface area contributed by atoms with Crippen molar-refractivity contribution in [2.75, 3.05) is 0 Å². The maximum Gasteiger partial charge on any atom is 0.341 e. The second kappa shape index (κ2) is 5.80. The van der Waals surface area contributed by atoms with E-state index in [0.29, 0.717) is 16.4 Å². The van der Waals surface area contributed by atoms with E-state index in [1.54, 1.807) is 24.3 Å². The molecule has 0 atom stereocenters. The third kappa shape index (κ3) is 3.11. The van der Waals surface area contributed by atoms with Gasteiger partial charge in [0.2, 0.25) is 5.82 Å². The summed E-state index contributed by atoms with van der Waals surface area (Å²) in [7, 11) is 0. The molecule has 0 saturated carbocycles. The van der Waals surface area contributed by atoms with Crippen LogP contribution < -0.4 is 0 Å². The van der Waals surface area contributed by atoms with Crippen LogP contribution in [0.5, 0.6) is 0 Å². The molecule has 0 aliphatic carbocycles. The van der Waals surface area contributed by atoms with Crippen molar-refractivity contribution in [3.05, 3.63) is 59.3 Å². The molecule has 2 heterocycles. The second-order valence-electron chi connectivity index (χ2n) is 4.11. The highest BCUT2D eigenvalue weighted by Crippen LogP contribution is 2.19. The van der Waals surface area contributed by atoms with Crippen LogP contribution in [0.2, 0.25) is 5.02 Å². The number of halogens is 1. The van der Waals surface area contributed by atoms with Gasteiger partial charge in [-0.2, -0.15) is 4.98 Å². The Morgan fingerprint density at radius 2 is 2.05 bits per heavy atom. The van der Waals surface area contributed by atoms with Crippen LogP contribution in [0.3, 0.4) is 0 Å². The van der Waals surface area contributed by atoms with Crippen molar-refractivity contribution >= 4 is 17.6 Å². The van der Waals surface area contributed by atoms with E-state index in [-0.39, 0.29) is 12.5 Å². The van der Waals surface area contributed by atoms with Gasteiger partial charge in [-0.3, -0.25) is 0 Å². The number of aromatic nitrogens is 2. The zero-order valence-corrected chi connectivity index (χ0v) is 11.4. The summed E-state index contributed by atoms with van der Waals surface area (Å²) < 4.78 is 14.8. The van der Waals surface area contributed by atoms with E-state index in [0.717, 1.165) is 5.56 Å². The molecule has 0 unspecified atom stereocenters. The number of hydrogen-bond donors (Lipinski definition) is 0. The van der Waals surface area contributed by atoms with E-state index in [1.165, 1.54) is 18.6 Å². The Morgan fingerprint density at radius 3 is 2.76 bits per heavy atom. The maximum absolute atomic E-state index is 11.6. The number of esters is 1. The predicted octanol–water partition coefficient (Wildman–Crippen LogP) is 3.34. The zero-order chi connectivity index (χ0) is 14.7. The molecule has 0 spiro atoms. The molecule has 6 nitrogen and oxygen atoms in total. The molecule has 3 aromatic rings. The molecule has 2 aromatic heterocycles. The highest BCUT2D eigenvalue weighted by Gasteiger charge is 2.13. The molecule has 0 aliphatic heterocycles. The molecule has 0 bridgehead atoms. The molecular weight excluding hydrogens is 296 g/mol. The van der Waals surface area contributed by atoms with Crippen LogP contribution in [0.15, 0.2) is 51.8 Å². The van der Waals surface area contributed by atoms with Gasteiger partial charge in [0, 0.05) is 10.6 Å². The number of ether oxygens (including phenoxy) is 1. The Balaban J connectivity index is 1.65. The molecule has 21 heavy (non-hydrogen) atoms. The van der Waals surface area contributed by atoms with Crippen molar-refractivity contribution in [1.29, 1.82) is 0 Å². The van der Waals surface area contributed by atoms with E-state index < -0.39 is 5.97 Å². The Hall–Kier alpha value is -2.60. The number of furan rings is 1. The minimum atomic E-state index is -0.519. The van der Waals surface area contributed by atoms with E-state index in [1.807, 2.05) is 0 Å². The standard InChI is InChI=1S/C14H9ClN2O4/c15-11-3-1-9(2-4-11)13-16-12(21-17-13)8-20-14(18)10-5-6-19-7-10/h1-7H,8H2. The summed E-state index contributed by atoms with van der Waals surface area (Å²) in [6.07, 6.45) is 2.69. The van der Waals surface area contributed by atoms with Gasteiger partial charge in [-0.25, -0.2) is 4.79 Å². The van der Waals surface area contributed by atoms with Gasteiger partial charge < -0.3 is 13.7 Å². The smallest absolute Gasteiger partial charge is 0.341 e. The molecule has 0 fully saturated rings. The minimum Gasteiger partial charge on any atom is -0.472 e. The molecule has 0 saturated heterocycles. The molecule has 1 aromatic carbocycles. The average Bonchev–Trinajstić information content (AvgIpc) is 3.17. The van der Waals surface area contributed by atoms with Gasteiger partial charge >= 0.3 is 5.97 Å². The third-order valence-corrected chi connectivity index (χ3v) is 2.91. The molecule has 3 rings (SSSR count). The first-order valence-electron chi connectivity index (χ1n) is 6.00. The summed E-state index contributed by atoms with van der Waals surface area (Å²) in [6.45, 7) is -0.107. The van der Waals surface area contributed by atoms with Gasteiger partial charge in [0.05, 0.1) is 11.8 Å². The minimum absolute atomic E-state index is 0.107. The van der Waals surface area contributed by atoms with Crippen molar-refractivity contribution in [3.8, 4) is 11.4 Å². The molecule has 106 valence electrons. The highest BCUT2D eigenvalue weighted by molar-refractivity contribution is 6.30. The topological polar surface area (TPSA) is 78.4 Å². The number of rotatable bonds is 4. The molecule has 0 radical (unpaired) electrons. The summed E-state index contributed by atoms with van der Waals surface area (Å²) in [5.74, 6) is 0.0906. The number of carbonyl (C=O) groups is 1. The van der Waals surface area contributed by atoms with Crippen LogP contribution in [-0.2, 0) is 11.3 Å². The maximum atomic E-state index is 11.6. The van der Waals surface area contributed by atoms with Gasteiger partial charge in [-0.1, -0.05) is 16.8 Å². The van der Waals surface area contributed by atoms with E-state index in [2.05, 4.69) is 10.1 Å². The summed E-state index contributed by atoms with van der Waals surface area (Å²) >= 11 is 5.81. The fraction of sp³-hybridized carbons (Fsp3) is 0.0714. The van der Waals surface area contributed by atoms with Crippen molar-refractivity contribution < 1.29 is 18.5 Å². The van der Waals surface area contributed by atoms with Crippen LogP contribution in [0.25, 0.3) is 11.4 Å². The van der Waals surface area contributed by atoms with Gasteiger partial charge in [-0.15, -0.1) is 0 Å². The van der Waals surface area contributed by atoms with Gasteiger partial charge in [0.25, 0.3) is 5.89 Å². The normalized spacial score (nSPS) is 10.5. The quantitative estimate of drug-likeness (QED) is 0.688. The molecule has 0 aliphatic rings. The van der Waals surface area contributed by atoms with E-state index >= 15 is 0 Å². The molecule has 0 amide bonds. The number of benzene rings is 1. The zero-order valence-electron chi connectivity index (χ0n) is 10.7. The lowest BCUT2D eigenvalue weighted by molar-refractivity contribution is 0.0429. The molecular formula is C14H9ClN2O4. The van der Waals surface area contributed by atoms with E-state index in [4.69, 9.17) is 25.3 Å². The monoisotopic (exact) mass is 304 g/mol. The van der Waals surface area contributed by atoms with Crippen LogP contribution >= 0.6 is 11.6 Å². The van der Waals surface area contributed by atoms with Gasteiger partial charge in [0.1, 0.15) is 6.26 Å². The van der Waals surface area contributed by atoms with Gasteiger partial charge in [0.15, 0.2) is 6.61 Å². The predicted molar refractivity (Wildman–Crippen MR) is 72.6 cm³/mol. The number of nitrogens with zero attached hydrogens (tertiary/aromatic N) is 2.